The van der Waals surface area contributed by atoms with Gasteiger partial charge in [0.2, 0.25) is 0 Å². The summed E-state index contributed by atoms with van der Waals surface area (Å²) in [6.07, 6.45) is 1.47. The lowest BCUT2D eigenvalue weighted by Gasteiger charge is -2.32. The van der Waals surface area contributed by atoms with Crippen molar-refractivity contribution in [3.8, 4) is 0 Å². The minimum absolute atomic E-state index is 0.0773. The maximum Gasteiger partial charge on any atom is 0.254 e. The number of anilines is 2. The number of allylic oxidation sites excluding steroid dienone is 2. The Labute approximate surface area is 228 Å². The smallest absolute Gasteiger partial charge is 0.254 e. The number of hydrogen-bond acceptors (Lipinski definition) is 5. The van der Waals surface area contributed by atoms with Crippen LogP contribution in [0.3, 0.4) is 0 Å². The molecule has 2 amide bonds. The minimum Gasteiger partial charge on any atom is -0.595 e. The van der Waals surface area contributed by atoms with Crippen molar-refractivity contribution in [1.29, 1.82) is 0 Å². The van der Waals surface area contributed by atoms with Crippen molar-refractivity contribution in [2.45, 2.75) is 46.5 Å². The van der Waals surface area contributed by atoms with E-state index in [2.05, 4.69) is 16.0 Å². The summed E-state index contributed by atoms with van der Waals surface area (Å²) in [4.78, 5) is 27.8. The predicted molar refractivity (Wildman–Crippen MR) is 152 cm³/mol. The molecular weight excluding hydrogens is 492 g/mol. The second-order valence-corrected chi connectivity index (χ2v) is 9.50. The molecule has 8 heteroatoms. The standard InChI is InChI=1S/C31H34N4O4/c1-5-21-12-7-9-16-25(21)33-30(36)27-19(3)32-20(4)28(29(27)23-14-11-15-24(18-23)35(38)39)31(37)34-26-17-10-8-13-22(26)6-2/h7-18,29,32,35,38H,5-6H2,1-4H3,(H,33,36)(H,34,37). The first kappa shape index (κ1) is 27.8. The van der Waals surface area contributed by atoms with Gasteiger partial charge in [-0.1, -0.05) is 62.4 Å². The van der Waals surface area contributed by atoms with Crippen molar-refractivity contribution in [3.05, 3.63) is 117 Å². The fourth-order valence-electron chi connectivity index (χ4n) is 5.06. The largest absolute Gasteiger partial charge is 0.595 e. The highest BCUT2D eigenvalue weighted by molar-refractivity contribution is 6.12. The number of carbonyl (C=O) groups excluding carboxylic acids is 2. The van der Waals surface area contributed by atoms with E-state index in [0.29, 0.717) is 39.5 Å². The SMILES string of the molecule is CCc1ccccc1NC(=O)C1=C(C)NC(C)=C(C(=O)Nc2ccccc2CC)C1c1cccc([NH+]([O-])O)c1. The van der Waals surface area contributed by atoms with Gasteiger partial charge in [-0.15, -0.1) is 0 Å². The summed E-state index contributed by atoms with van der Waals surface area (Å²) in [6, 6.07) is 21.6. The molecule has 0 saturated carbocycles. The van der Waals surface area contributed by atoms with Gasteiger partial charge in [0.05, 0.1) is 0 Å². The van der Waals surface area contributed by atoms with Crippen molar-refractivity contribution in [1.82, 2.24) is 5.32 Å². The Morgan fingerprint density at radius 3 is 1.77 bits per heavy atom. The Morgan fingerprint density at radius 2 is 1.31 bits per heavy atom. The van der Waals surface area contributed by atoms with Crippen LogP contribution in [0, 0.1) is 5.21 Å². The van der Waals surface area contributed by atoms with E-state index in [1.165, 1.54) is 12.1 Å². The van der Waals surface area contributed by atoms with E-state index in [9.17, 15) is 20.0 Å². The third kappa shape index (κ3) is 5.93. The van der Waals surface area contributed by atoms with E-state index in [-0.39, 0.29) is 17.5 Å². The van der Waals surface area contributed by atoms with Crippen LogP contribution in [0.15, 0.2) is 95.3 Å². The summed E-state index contributed by atoms with van der Waals surface area (Å²) in [5, 5.41) is 29.7. The quantitative estimate of drug-likeness (QED) is 0.272. The molecule has 1 atom stereocenters. The Balaban J connectivity index is 1.81. The molecule has 0 aliphatic carbocycles. The van der Waals surface area contributed by atoms with Crippen LogP contribution in [0.2, 0.25) is 0 Å². The number of carbonyl (C=O) groups is 2. The van der Waals surface area contributed by atoms with Gasteiger partial charge in [-0.05, 0) is 55.5 Å². The lowest BCUT2D eigenvalue weighted by molar-refractivity contribution is -0.991. The Bertz CT molecular complexity index is 1370. The van der Waals surface area contributed by atoms with Crippen molar-refractivity contribution in [3.63, 3.8) is 0 Å². The molecule has 5 N–H and O–H groups in total. The molecule has 202 valence electrons. The van der Waals surface area contributed by atoms with Gasteiger partial charge >= 0.3 is 0 Å². The lowest BCUT2D eigenvalue weighted by atomic mass is 9.79. The molecule has 1 aliphatic heterocycles. The molecule has 3 aromatic rings. The number of benzene rings is 3. The van der Waals surface area contributed by atoms with Gasteiger partial charge in [0.25, 0.3) is 11.8 Å². The zero-order valence-corrected chi connectivity index (χ0v) is 22.6. The minimum atomic E-state index is -1.09. The molecule has 0 bridgehead atoms. The first-order chi connectivity index (χ1) is 18.7. The highest BCUT2D eigenvalue weighted by Gasteiger charge is 2.37. The molecule has 4 rings (SSSR count). The van der Waals surface area contributed by atoms with Crippen molar-refractivity contribution < 1.29 is 20.0 Å². The topological polar surface area (TPSA) is 118 Å². The first-order valence-corrected chi connectivity index (χ1v) is 13.0. The van der Waals surface area contributed by atoms with Crippen molar-refractivity contribution in [2.75, 3.05) is 10.6 Å². The van der Waals surface area contributed by atoms with E-state index < -0.39 is 11.1 Å². The summed E-state index contributed by atoms with van der Waals surface area (Å²) in [5.74, 6) is -1.52. The van der Waals surface area contributed by atoms with Gasteiger partial charge in [0, 0.05) is 52.0 Å². The van der Waals surface area contributed by atoms with Crippen LogP contribution in [0.25, 0.3) is 0 Å². The average Bonchev–Trinajstić information content (AvgIpc) is 2.93. The molecule has 0 spiro atoms. The number of aryl methyl sites for hydroxylation is 2. The maximum absolute atomic E-state index is 13.9. The van der Waals surface area contributed by atoms with Gasteiger partial charge < -0.3 is 21.2 Å². The highest BCUT2D eigenvalue weighted by atomic mass is 16.8. The number of rotatable bonds is 8. The average molecular weight is 527 g/mol. The first-order valence-electron chi connectivity index (χ1n) is 13.0. The Kier molecular flexibility index (Phi) is 8.61. The molecule has 0 saturated heterocycles. The maximum atomic E-state index is 13.9. The van der Waals surface area contributed by atoms with Gasteiger partial charge in [0.1, 0.15) is 0 Å². The molecule has 0 radical (unpaired) electrons. The number of amides is 2. The number of hydrogen-bond donors (Lipinski definition) is 5. The van der Waals surface area contributed by atoms with Crippen LogP contribution < -0.4 is 21.2 Å². The molecule has 0 aromatic heterocycles. The van der Waals surface area contributed by atoms with Gasteiger partial charge in [0.15, 0.2) is 5.69 Å². The predicted octanol–water partition coefficient (Wildman–Crippen LogP) is 4.73. The number of quaternary nitrogens is 1. The second kappa shape index (κ2) is 12.1. The third-order valence-corrected chi connectivity index (χ3v) is 7.01. The summed E-state index contributed by atoms with van der Waals surface area (Å²) >= 11 is 0. The van der Waals surface area contributed by atoms with Crippen LogP contribution in [0.1, 0.15) is 50.3 Å². The molecule has 39 heavy (non-hydrogen) atoms. The third-order valence-electron chi connectivity index (χ3n) is 7.01. The molecule has 0 fully saturated rings. The second-order valence-electron chi connectivity index (χ2n) is 9.50. The molecular formula is C31H34N4O4. The summed E-state index contributed by atoms with van der Waals surface area (Å²) in [7, 11) is 0. The van der Waals surface area contributed by atoms with Gasteiger partial charge in [-0.25, -0.2) is 5.21 Å². The fraction of sp³-hybridized carbons (Fsp3) is 0.226. The van der Waals surface area contributed by atoms with Crippen LogP contribution in [-0.2, 0) is 22.4 Å². The van der Waals surface area contributed by atoms with Crippen LogP contribution in [-0.4, -0.2) is 17.0 Å². The van der Waals surface area contributed by atoms with E-state index in [1.807, 2.05) is 62.4 Å². The summed E-state index contributed by atoms with van der Waals surface area (Å²) in [6.45, 7) is 7.61. The zero-order valence-electron chi connectivity index (χ0n) is 22.6. The molecule has 1 aliphatic rings. The van der Waals surface area contributed by atoms with Crippen molar-refractivity contribution in [2.24, 2.45) is 0 Å². The number of para-hydroxylation sites is 2. The van der Waals surface area contributed by atoms with E-state index in [1.54, 1.807) is 26.0 Å². The summed E-state index contributed by atoms with van der Waals surface area (Å²) < 4.78 is 0. The number of dihydropyridines is 1. The highest BCUT2D eigenvalue weighted by Crippen LogP contribution is 2.40. The molecule has 1 unspecified atom stereocenters. The van der Waals surface area contributed by atoms with Crippen molar-refractivity contribution >= 4 is 28.9 Å². The zero-order chi connectivity index (χ0) is 28.1. The molecule has 8 nitrogen and oxygen atoms in total. The van der Waals surface area contributed by atoms with Crippen LogP contribution in [0.4, 0.5) is 17.1 Å². The molecule has 3 aromatic carbocycles. The normalized spacial score (nSPS) is 14.6. The molecule has 1 heterocycles. The lowest BCUT2D eigenvalue weighted by Crippen LogP contribution is -2.99. The van der Waals surface area contributed by atoms with Crippen LogP contribution >= 0.6 is 0 Å². The van der Waals surface area contributed by atoms with Gasteiger partial charge in [-0.3, -0.25) is 9.59 Å². The van der Waals surface area contributed by atoms with Gasteiger partial charge in [-0.2, -0.15) is 5.23 Å². The monoisotopic (exact) mass is 526 g/mol. The Morgan fingerprint density at radius 1 is 0.821 bits per heavy atom. The van der Waals surface area contributed by atoms with Crippen LogP contribution in [0.5, 0.6) is 0 Å². The van der Waals surface area contributed by atoms with E-state index in [0.717, 1.165) is 24.0 Å². The fourth-order valence-corrected chi connectivity index (χ4v) is 5.06. The van der Waals surface area contributed by atoms with E-state index in [4.69, 9.17) is 0 Å². The van der Waals surface area contributed by atoms with E-state index >= 15 is 0 Å². The number of nitrogens with one attached hydrogen (secondary N) is 4. The summed E-state index contributed by atoms with van der Waals surface area (Å²) in [5.41, 5.74) is 5.86. The Hall–Kier alpha value is -4.24.